The van der Waals surface area contributed by atoms with Gasteiger partial charge in [0.05, 0.1) is 24.6 Å². The first-order valence-corrected chi connectivity index (χ1v) is 12.2. The SMILES string of the molecule is CCCCOC(=O)c1ccc(NC(=O)COC(=O)[C@@H]2CC(=O)N(NC(=O)c3ccc(Br)cc3)C2)cc1. The summed E-state index contributed by atoms with van der Waals surface area (Å²) in [5.74, 6) is -3.46. The highest BCUT2D eigenvalue weighted by Crippen LogP contribution is 2.18. The summed E-state index contributed by atoms with van der Waals surface area (Å²) in [5, 5.41) is 3.64. The quantitative estimate of drug-likeness (QED) is 0.337. The molecule has 11 heteroatoms. The predicted octanol–water partition coefficient (Wildman–Crippen LogP) is 3.08. The van der Waals surface area contributed by atoms with Gasteiger partial charge in [-0.25, -0.2) is 4.79 Å². The number of anilines is 1. The molecule has 1 aliphatic rings. The summed E-state index contributed by atoms with van der Waals surface area (Å²) in [5.41, 5.74) is 3.61. The molecule has 2 aromatic rings. The molecule has 0 spiro atoms. The Morgan fingerprint density at radius 3 is 2.33 bits per heavy atom. The number of carbonyl (C=O) groups is 5. The van der Waals surface area contributed by atoms with E-state index in [1.807, 2.05) is 6.92 Å². The second-order valence-corrected chi connectivity index (χ2v) is 8.99. The number of ether oxygens (including phenoxy) is 2. The Bertz CT molecular complexity index is 1120. The zero-order valence-electron chi connectivity index (χ0n) is 19.6. The average Bonchev–Trinajstić information content (AvgIpc) is 3.23. The Balaban J connectivity index is 1.42. The Morgan fingerprint density at radius 2 is 1.67 bits per heavy atom. The van der Waals surface area contributed by atoms with Crippen LogP contribution in [0.4, 0.5) is 5.69 Å². The minimum Gasteiger partial charge on any atom is -0.462 e. The lowest BCUT2D eigenvalue weighted by atomic mass is 10.1. The lowest BCUT2D eigenvalue weighted by Crippen LogP contribution is -2.43. The van der Waals surface area contributed by atoms with Crippen LogP contribution in [-0.4, -0.2) is 54.4 Å². The molecule has 0 radical (unpaired) electrons. The number of hydrogen-bond donors (Lipinski definition) is 2. The Hall–Kier alpha value is -3.73. The summed E-state index contributed by atoms with van der Waals surface area (Å²) in [6, 6.07) is 12.7. The number of nitrogens with one attached hydrogen (secondary N) is 2. The van der Waals surface area contributed by atoms with Crippen LogP contribution in [0.15, 0.2) is 53.0 Å². The first-order valence-electron chi connectivity index (χ1n) is 11.4. The zero-order chi connectivity index (χ0) is 26.1. The molecule has 3 rings (SSSR count). The van der Waals surface area contributed by atoms with E-state index in [-0.39, 0.29) is 13.0 Å². The zero-order valence-corrected chi connectivity index (χ0v) is 21.2. The summed E-state index contributed by atoms with van der Waals surface area (Å²) in [4.78, 5) is 61.0. The first-order chi connectivity index (χ1) is 17.3. The number of nitrogens with zero attached hydrogens (tertiary/aromatic N) is 1. The van der Waals surface area contributed by atoms with Gasteiger partial charge in [-0.1, -0.05) is 29.3 Å². The number of rotatable bonds is 10. The third kappa shape index (κ3) is 7.64. The number of hydrogen-bond acceptors (Lipinski definition) is 7. The van der Waals surface area contributed by atoms with E-state index in [2.05, 4.69) is 26.7 Å². The van der Waals surface area contributed by atoms with Crippen LogP contribution in [0.1, 0.15) is 46.9 Å². The lowest BCUT2D eigenvalue weighted by molar-refractivity contribution is -0.151. The van der Waals surface area contributed by atoms with Crippen LogP contribution < -0.4 is 10.7 Å². The van der Waals surface area contributed by atoms with Crippen molar-refractivity contribution in [2.24, 2.45) is 5.92 Å². The van der Waals surface area contributed by atoms with Crippen LogP contribution in [-0.2, 0) is 23.9 Å². The monoisotopic (exact) mass is 559 g/mol. The fourth-order valence-electron chi connectivity index (χ4n) is 3.30. The number of amides is 3. The minimum atomic E-state index is -0.812. The number of benzene rings is 2. The van der Waals surface area contributed by atoms with Crippen LogP contribution in [0.2, 0.25) is 0 Å². The van der Waals surface area contributed by atoms with Gasteiger partial charge in [0, 0.05) is 22.1 Å². The maximum Gasteiger partial charge on any atom is 0.338 e. The smallest absolute Gasteiger partial charge is 0.338 e. The van der Waals surface area contributed by atoms with Crippen molar-refractivity contribution in [2.75, 3.05) is 25.1 Å². The van der Waals surface area contributed by atoms with Gasteiger partial charge in [-0.3, -0.25) is 29.6 Å². The second kappa shape index (κ2) is 12.8. The van der Waals surface area contributed by atoms with E-state index >= 15 is 0 Å². The third-order valence-corrected chi connectivity index (χ3v) is 5.81. The van der Waals surface area contributed by atoms with Gasteiger partial charge >= 0.3 is 11.9 Å². The summed E-state index contributed by atoms with van der Waals surface area (Å²) >= 11 is 3.28. The van der Waals surface area contributed by atoms with Crippen molar-refractivity contribution in [2.45, 2.75) is 26.2 Å². The molecule has 3 amide bonds. The van der Waals surface area contributed by atoms with Crippen LogP contribution >= 0.6 is 15.9 Å². The summed E-state index contributed by atoms with van der Waals surface area (Å²) in [6.45, 7) is 1.74. The Morgan fingerprint density at radius 1 is 1.00 bits per heavy atom. The largest absolute Gasteiger partial charge is 0.462 e. The number of halogens is 1. The maximum atomic E-state index is 12.4. The summed E-state index contributed by atoms with van der Waals surface area (Å²) < 4.78 is 11.0. The molecule has 1 fully saturated rings. The van der Waals surface area contributed by atoms with E-state index in [0.29, 0.717) is 23.4 Å². The summed E-state index contributed by atoms with van der Waals surface area (Å²) in [6.07, 6.45) is 1.56. The molecule has 1 saturated heterocycles. The van der Waals surface area contributed by atoms with Crippen LogP contribution in [0, 0.1) is 5.92 Å². The molecular formula is C25H26BrN3O7. The molecule has 10 nitrogen and oxygen atoms in total. The molecule has 2 N–H and O–H groups in total. The van der Waals surface area contributed by atoms with Crippen LogP contribution in [0.25, 0.3) is 0 Å². The van der Waals surface area contributed by atoms with Crippen molar-refractivity contribution in [1.29, 1.82) is 0 Å². The molecule has 1 heterocycles. The van der Waals surface area contributed by atoms with E-state index < -0.39 is 42.2 Å². The maximum absolute atomic E-state index is 12.4. The first kappa shape index (κ1) is 26.9. The standard InChI is InChI=1S/C25H26BrN3O7/c1-2-3-12-35-24(33)17-6-10-20(11-7-17)27-21(30)15-36-25(34)18-13-22(31)29(14-18)28-23(32)16-4-8-19(26)9-5-16/h4-11,18H,2-3,12-15H2,1H3,(H,27,30)(H,28,32)/t18-/m1/s1. The van der Waals surface area contributed by atoms with Gasteiger partial charge in [-0.15, -0.1) is 0 Å². The molecular weight excluding hydrogens is 534 g/mol. The molecule has 1 atom stereocenters. The van der Waals surface area contributed by atoms with Crippen molar-refractivity contribution in [3.63, 3.8) is 0 Å². The minimum absolute atomic E-state index is 0.0582. The lowest BCUT2D eigenvalue weighted by Gasteiger charge is -2.17. The molecule has 36 heavy (non-hydrogen) atoms. The van der Waals surface area contributed by atoms with Gasteiger partial charge in [0.25, 0.3) is 11.8 Å². The fraction of sp³-hybridized carbons (Fsp3) is 0.320. The number of unbranched alkanes of at least 4 members (excludes halogenated alkanes) is 1. The van der Waals surface area contributed by atoms with Crippen molar-refractivity contribution in [3.8, 4) is 0 Å². The number of carbonyl (C=O) groups excluding carboxylic acids is 5. The van der Waals surface area contributed by atoms with Gasteiger partial charge in [-0.05, 0) is 55.0 Å². The van der Waals surface area contributed by atoms with Gasteiger partial charge in [0.1, 0.15) is 0 Å². The predicted molar refractivity (Wildman–Crippen MR) is 133 cm³/mol. The third-order valence-electron chi connectivity index (χ3n) is 5.28. The Labute approximate surface area is 216 Å². The van der Waals surface area contributed by atoms with Crippen LogP contribution in [0.5, 0.6) is 0 Å². The number of hydrazine groups is 1. The van der Waals surface area contributed by atoms with E-state index in [1.54, 1.807) is 24.3 Å². The van der Waals surface area contributed by atoms with Gasteiger partial charge in [0.15, 0.2) is 6.61 Å². The molecule has 0 bridgehead atoms. The normalized spacial score (nSPS) is 14.8. The molecule has 0 aromatic heterocycles. The molecule has 2 aromatic carbocycles. The van der Waals surface area contributed by atoms with E-state index in [4.69, 9.17) is 9.47 Å². The highest BCUT2D eigenvalue weighted by atomic mass is 79.9. The molecule has 0 unspecified atom stereocenters. The highest BCUT2D eigenvalue weighted by Gasteiger charge is 2.36. The van der Waals surface area contributed by atoms with E-state index in [9.17, 15) is 24.0 Å². The van der Waals surface area contributed by atoms with Crippen molar-refractivity contribution in [1.82, 2.24) is 10.4 Å². The van der Waals surface area contributed by atoms with E-state index in [1.165, 1.54) is 24.3 Å². The molecule has 0 aliphatic carbocycles. The Kier molecular flexibility index (Phi) is 9.57. The second-order valence-electron chi connectivity index (χ2n) is 8.08. The van der Waals surface area contributed by atoms with Crippen molar-refractivity contribution < 1.29 is 33.4 Å². The average molecular weight is 560 g/mol. The highest BCUT2D eigenvalue weighted by molar-refractivity contribution is 9.10. The van der Waals surface area contributed by atoms with Gasteiger partial charge < -0.3 is 14.8 Å². The summed E-state index contributed by atoms with van der Waals surface area (Å²) in [7, 11) is 0. The fourth-order valence-corrected chi connectivity index (χ4v) is 3.56. The van der Waals surface area contributed by atoms with E-state index in [0.717, 1.165) is 22.3 Å². The molecule has 0 saturated carbocycles. The molecule has 190 valence electrons. The van der Waals surface area contributed by atoms with Crippen molar-refractivity contribution >= 4 is 51.3 Å². The van der Waals surface area contributed by atoms with Crippen LogP contribution in [0.3, 0.4) is 0 Å². The topological polar surface area (TPSA) is 131 Å². The van der Waals surface area contributed by atoms with Crippen molar-refractivity contribution in [3.05, 3.63) is 64.1 Å². The van der Waals surface area contributed by atoms with Gasteiger partial charge in [0.2, 0.25) is 5.91 Å². The molecule has 1 aliphatic heterocycles. The number of esters is 2. The van der Waals surface area contributed by atoms with Gasteiger partial charge in [-0.2, -0.15) is 0 Å².